The molecule has 0 spiro atoms. The van der Waals surface area contributed by atoms with E-state index < -0.39 is 16.0 Å². The van der Waals surface area contributed by atoms with Crippen LogP contribution in [0.3, 0.4) is 0 Å². The number of nitrogens with two attached hydrogens (primary N) is 1. The van der Waals surface area contributed by atoms with Crippen molar-refractivity contribution in [1.29, 1.82) is 0 Å². The fourth-order valence-electron chi connectivity index (χ4n) is 2.05. The van der Waals surface area contributed by atoms with Crippen molar-refractivity contribution < 1.29 is 22.4 Å². The lowest BCUT2D eigenvalue weighted by Gasteiger charge is -2.06. The van der Waals surface area contributed by atoms with Gasteiger partial charge in [-0.2, -0.15) is 0 Å². The summed E-state index contributed by atoms with van der Waals surface area (Å²) in [6.45, 7) is 0. The molecule has 0 fully saturated rings. The van der Waals surface area contributed by atoms with Gasteiger partial charge in [0.1, 0.15) is 12.0 Å². The van der Waals surface area contributed by atoms with Gasteiger partial charge in [-0.1, -0.05) is 24.3 Å². The largest absolute Gasteiger partial charge is 0.440 e. The normalized spacial score (nSPS) is 11.2. The van der Waals surface area contributed by atoms with Crippen LogP contribution in [-0.2, 0) is 10.0 Å². The predicted molar refractivity (Wildman–Crippen MR) is 84.7 cm³/mol. The number of oxazole rings is 1. The molecule has 7 nitrogen and oxygen atoms in total. The van der Waals surface area contributed by atoms with Gasteiger partial charge in [0.2, 0.25) is 10.0 Å². The van der Waals surface area contributed by atoms with Crippen LogP contribution in [0.1, 0.15) is 10.7 Å². The molecule has 3 rings (SSSR count). The topological polar surface area (TPSA) is 112 Å². The van der Waals surface area contributed by atoms with Crippen LogP contribution in [-0.4, -0.2) is 19.4 Å². The number of hydrogen-bond donors (Lipinski definition) is 1. The molecule has 24 heavy (non-hydrogen) atoms. The van der Waals surface area contributed by atoms with E-state index in [0.29, 0.717) is 5.75 Å². The van der Waals surface area contributed by atoms with Crippen LogP contribution in [0, 0.1) is 0 Å². The number of ether oxygens (including phenoxy) is 1. The van der Waals surface area contributed by atoms with Crippen molar-refractivity contribution in [3.05, 3.63) is 66.9 Å². The Labute approximate surface area is 137 Å². The zero-order valence-corrected chi connectivity index (χ0v) is 13.1. The van der Waals surface area contributed by atoms with Crippen molar-refractivity contribution in [2.24, 2.45) is 5.14 Å². The molecule has 0 bridgehead atoms. The SMILES string of the molecule is NS(=O)(=O)c1ccc(-c2cccc(OC(=O)c3ncco3)c2)cc1. The molecule has 0 saturated carbocycles. The van der Waals surface area contributed by atoms with Gasteiger partial charge in [0.25, 0.3) is 0 Å². The molecular formula is C16H12N2O5S. The number of sulfonamides is 1. The van der Waals surface area contributed by atoms with Crippen LogP contribution < -0.4 is 9.88 Å². The number of benzene rings is 2. The van der Waals surface area contributed by atoms with Crippen molar-refractivity contribution in [3.8, 4) is 16.9 Å². The van der Waals surface area contributed by atoms with E-state index in [9.17, 15) is 13.2 Å². The third-order valence-electron chi connectivity index (χ3n) is 3.17. The Bertz CT molecular complexity index is 964. The Kier molecular flexibility index (Phi) is 4.15. The summed E-state index contributed by atoms with van der Waals surface area (Å²) in [5.41, 5.74) is 1.49. The summed E-state index contributed by atoms with van der Waals surface area (Å²) in [7, 11) is -3.74. The molecule has 0 unspecified atom stereocenters. The second kappa shape index (κ2) is 6.26. The predicted octanol–water partition coefficient (Wildman–Crippen LogP) is 2.21. The van der Waals surface area contributed by atoms with Crippen LogP contribution >= 0.6 is 0 Å². The Hall–Kier alpha value is -2.97. The Balaban J connectivity index is 1.84. The summed E-state index contributed by atoms with van der Waals surface area (Å²) < 4.78 is 32.6. The maximum Gasteiger partial charge on any atom is 0.400 e. The minimum absolute atomic E-state index is 0.0257. The summed E-state index contributed by atoms with van der Waals surface area (Å²) >= 11 is 0. The van der Waals surface area contributed by atoms with Crippen LogP contribution in [0.2, 0.25) is 0 Å². The first-order valence-corrected chi connectivity index (χ1v) is 8.33. The zero-order valence-electron chi connectivity index (χ0n) is 12.2. The van der Waals surface area contributed by atoms with E-state index in [1.807, 2.05) is 0 Å². The van der Waals surface area contributed by atoms with Crippen molar-refractivity contribution >= 4 is 16.0 Å². The molecule has 0 aliphatic rings. The molecule has 1 aromatic heterocycles. The lowest BCUT2D eigenvalue weighted by Crippen LogP contribution is -2.11. The van der Waals surface area contributed by atoms with Gasteiger partial charge in [-0.05, 0) is 35.4 Å². The van der Waals surface area contributed by atoms with Crippen molar-refractivity contribution in [1.82, 2.24) is 4.98 Å². The molecular weight excluding hydrogens is 332 g/mol. The van der Waals surface area contributed by atoms with Gasteiger partial charge in [-0.15, -0.1) is 0 Å². The number of primary sulfonamides is 1. The van der Waals surface area contributed by atoms with Crippen molar-refractivity contribution in [2.75, 3.05) is 0 Å². The first-order valence-electron chi connectivity index (χ1n) is 6.78. The molecule has 0 radical (unpaired) electrons. The van der Waals surface area contributed by atoms with Gasteiger partial charge in [-0.25, -0.2) is 23.3 Å². The molecule has 1 heterocycles. The van der Waals surface area contributed by atoms with E-state index >= 15 is 0 Å². The summed E-state index contributed by atoms with van der Waals surface area (Å²) in [6, 6.07) is 12.8. The molecule has 0 saturated heterocycles. The monoisotopic (exact) mass is 344 g/mol. The van der Waals surface area contributed by atoms with Crippen molar-refractivity contribution in [3.63, 3.8) is 0 Å². The van der Waals surface area contributed by atoms with E-state index in [0.717, 1.165) is 11.1 Å². The average molecular weight is 344 g/mol. The number of rotatable bonds is 4. The van der Waals surface area contributed by atoms with E-state index in [-0.39, 0.29) is 10.8 Å². The Morgan fingerprint density at radius 2 is 1.83 bits per heavy atom. The van der Waals surface area contributed by atoms with Crippen molar-refractivity contribution in [2.45, 2.75) is 4.90 Å². The molecule has 2 aromatic carbocycles. The van der Waals surface area contributed by atoms with Crippen LogP contribution in [0.15, 0.2) is 70.3 Å². The number of carbonyl (C=O) groups excluding carboxylic acids is 1. The fraction of sp³-hybridized carbons (Fsp3) is 0. The van der Waals surface area contributed by atoms with E-state index in [4.69, 9.17) is 14.3 Å². The molecule has 0 amide bonds. The molecule has 0 aliphatic carbocycles. The highest BCUT2D eigenvalue weighted by atomic mass is 32.2. The third-order valence-corrected chi connectivity index (χ3v) is 4.10. The smallest absolute Gasteiger partial charge is 0.400 e. The second-order valence-electron chi connectivity index (χ2n) is 4.82. The second-order valence-corrected chi connectivity index (χ2v) is 6.39. The molecule has 122 valence electrons. The van der Waals surface area contributed by atoms with Crippen LogP contribution in [0.5, 0.6) is 5.75 Å². The third kappa shape index (κ3) is 3.50. The van der Waals surface area contributed by atoms with Gasteiger partial charge >= 0.3 is 11.9 Å². The standard InChI is InChI=1S/C16H12N2O5S/c17-24(20,21)14-6-4-11(5-7-14)12-2-1-3-13(10-12)23-16(19)15-18-8-9-22-15/h1-10H,(H2,17,20,21). The van der Waals surface area contributed by atoms with Gasteiger partial charge in [0.15, 0.2) is 0 Å². The van der Waals surface area contributed by atoms with Gasteiger partial charge in [0.05, 0.1) is 11.1 Å². The van der Waals surface area contributed by atoms with E-state index in [2.05, 4.69) is 4.98 Å². The number of aromatic nitrogens is 1. The van der Waals surface area contributed by atoms with Gasteiger partial charge < -0.3 is 9.15 Å². The molecule has 2 N–H and O–H groups in total. The lowest BCUT2D eigenvalue weighted by molar-refractivity contribution is 0.0693. The minimum atomic E-state index is -3.74. The zero-order chi connectivity index (χ0) is 17.2. The molecule has 3 aromatic rings. The highest BCUT2D eigenvalue weighted by molar-refractivity contribution is 7.89. The Morgan fingerprint density at radius 1 is 1.08 bits per heavy atom. The lowest BCUT2D eigenvalue weighted by atomic mass is 10.1. The summed E-state index contributed by atoms with van der Waals surface area (Å²) in [5.74, 6) is -0.536. The van der Waals surface area contributed by atoms with E-state index in [1.165, 1.54) is 24.6 Å². The Morgan fingerprint density at radius 3 is 2.46 bits per heavy atom. The number of nitrogens with zero attached hydrogens (tertiary/aromatic N) is 1. The number of carbonyl (C=O) groups is 1. The number of esters is 1. The molecule has 0 atom stereocenters. The minimum Gasteiger partial charge on any atom is -0.440 e. The summed E-state index contributed by atoms with van der Waals surface area (Å²) in [5, 5.41) is 5.07. The highest BCUT2D eigenvalue weighted by Crippen LogP contribution is 2.25. The first kappa shape index (κ1) is 15.9. The first-order chi connectivity index (χ1) is 11.4. The maximum atomic E-state index is 11.8. The van der Waals surface area contributed by atoms with Gasteiger partial charge in [-0.3, -0.25) is 0 Å². The quantitative estimate of drug-likeness (QED) is 0.573. The van der Waals surface area contributed by atoms with Crippen LogP contribution in [0.4, 0.5) is 0 Å². The van der Waals surface area contributed by atoms with E-state index in [1.54, 1.807) is 36.4 Å². The average Bonchev–Trinajstić information content (AvgIpc) is 3.09. The van der Waals surface area contributed by atoms with Gasteiger partial charge in [0, 0.05) is 0 Å². The number of hydrogen-bond acceptors (Lipinski definition) is 6. The van der Waals surface area contributed by atoms with Crippen LogP contribution in [0.25, 0.3) is 11.1 Å². The summed E-state index contributed by atoms with van der Waals surface area (Å²) in [4.78, 5) is 15.6. The maximum absolute atomic E-state index is 11.8. The highest BCUT2D eigenvalue weighted by Gasteiger charge is 2.14. The fourth-order valence-corrected chi connectivity index (χ4v) is 2.57. The summed E-state index contributed by atoms with van der Waals surface area (Å²) in [6.07, 6.45) is 2.63. The molecule has 0 aliphatic heterocycles. The molecule has 8 heteroatoms.